The Hall–Kier alpha value is -1.81. The van der Waals surface area contributed by atoms with Gasteiger partial charge in [0.1, 0.15) is 0 Å². The zero-order valence-corrected chi connectivity index (χ0v) is 11.7. The highest BCUT2D eigenvalue weighted by atomic mass is 32.1. The van der Waals surface area contributed by atoms with E-state index in [1.165, 1.54) is 22.6 Å². The number of aromatic nitrogens is 1. The summed E-state index contributed by atoms with van der Waals surface area (Å²) in [7, 11) is 0. The first-order valence-corrected chi connectivity index (χ1v) is 7.23. The lowest BCUT2D eigenvalue weighted by atomic mass is 10.1. The van der Waals surface area contributed by atoms with Gasteiger partial charge in [0.05, 0.1) is 5.69 Å². The fourth-order valence-corrected chi connectivity index (χ4v) is 3.21. The highest BCUT2D eigenvalue weighted by Gasteiger charge is 2.14. The molecule has 1 N–H and O–H groups in total. The van der Waals surface area contributed by atoms with Gasteiger partial charge in [0.25, 0.3) is 0 Å². The Morgan fingerprint density at radius 3 is 3.16 bits per heavy atom. The van der Waals surface area contributed by atoms with Crippen molar-refractivity contribution in [2.45, 2.75) is 19.9 Å². The summed E-state index contributed by atoms with van der Waals surface area (Å²) in [6.45, 7) is 7.43. The Morgan fingerprint density at radius 1 is 1.53 bits per heavy atom. The molecule has 0 bridgehead atoms. The maximum Gasteiger partial charge on any atom is 0.307 e. The van der Waals surface area contributed by atoms with Gasteiger partial charge in [-0.05, 0) is 36.6 Å². The molecule has 0 fully saturated rings. The van der Waals surface area contributed by atoms with Crippen LogP contribution in [-0.4, -0.2) is 11.1 Å². The summed E-state index contributed by atoms with van der Waals surface area (Å²) >= 11 is 1.25. The van der Waals surface area contributed by atoms with E-state index in [2.05, 4.69) is 30.1 Å². The minimum Gasteiger partial charge on any atom is -0.384 e. The Bertz CT molecular complexity index is 696. The number of hydrogen-bond donors (Lipinski definition) is 1. The van der Waals surface area contributed by atoms with Crippen LogP contribution >= 0.6 is 11.3 Å². The molecule has 0 unspecified atom stereocenters. The molecule has 3 nitrogen and oxygen atoms in total. The molecule has 4 heteroatoms. The third-order valence-electron chi connectivity index (χ3n) is 3.32. The van der Waals surface area contributed by atoms with Gasteiger partial charge in [-0.15, -0.1) is 0 Å². The Balaban J connectivity index is 2.07. The number of fused-ring (bicyclic) bond motifs is 1. The van der Waals surface area contributed by atoms with Crippen molar-refractivity contribution in [1.29, 1.82) is 0 Å². The first kappa shape index (κ1) is 12.2. The smallest absolute Gasteiger partial charge is 0.307 e. The van der Waals surface area contributed by atoms with Crippen LogP contribution in [0.5, 0.6) is 0 Å². The van der Waals surface area contributed by atoms with E-state index in [9.17, 15) is 4.79 Å². The quantitative estimate of drug-likeness (QED) is 0.871. The maximum absolute atomic E-state index is 11.9. The van der Waals surface area contributed by atoms with Gasteiger partial charge in [-0.1, -0.05) is 29.6 Å². The van der Waals surface area contributed by atoms with Gasteiger partial charge >= 0.3 is 4.87 Å². The van der Waals surface area contributed by atoms with Crippen LogP contribution in [0.4, 0.5) is 5.69 Å². The van der Waals surface area contributed by atoms with Crippen molar-refractivity contribution in [2.75, 3.05) is 11.9 Å². The van der Waals surface area contributed by atoms with E-state index in [1.54, 1.807) is 4.57 Å². The minimum absolute atomic E-state index is 0.0802. The maximum atomic E-state index is 11.9. The number of allylic oxidation sites excluding steroid dienone is 1. The molecule has 2 aromatic rings. The molecule has 0 radical (unpaired) electrons. The van der Waals surface area contributed by atoms with Crippen LogP contribution < -0.4 is 10.2 Å². The first-order chi connectivity index (χ1) is 9.15. The van der Waals surface area contributed by atoms with E-state index in [4.69, 9.17) is 0 Å². The normalized spacial score (nSPS) is 13.1. The second-order valence-electron chi connectivity index (χ2n) is 4.98. The van der Waals surface area contributed by atoms with E-state index in [0.717, 1.165) is 29.8 Å². The summed E-state index contributed by atoms with van der Waals surface area (Å²) in [6.07, 6.45) is 1.05. The number of thiazole rings is 1. The van der Waals surface area contributed by atoms with E-state index in [0.29, 0.717) is 6.54 Å². The molecular formula is C15H16N2OS. The lowest BCUT2D eigenvalue weighted by molar-refractivity contribution is 0.780. The average molecular weight is 272 g/mol. The molecule has 3 rings (SSSR count). The second kappa shape index (κ2) is 4.70. The third kappa shape index (κ3) is 2.24. The van der Waals surface area contributed by atoms with Crippen molar-refractivity contribution in [2.24, 2.45) is 0 Å². The molecule has 0 saturated carbocycles. The summed E-state index contributed by atoms with van der Waals surface area (Å²) in [5.74, 6) is 0. The van der Waals surface area contributed by atoms with Gasteiger partial charge in [-0.25, -0.2) is 0 Å². The van der Waals surface area contributed by atoms with Crippen molar-refractivity contribution in [3.63, 3.8) is 0 Å². The zero-order chi connectivity index (χ0) is 13.4. The predicted molar refractivity (Wildman–Crippen MR) is 81.0 cm³/mol. The highest BCUT2D eigenvalue weighted by molar-refractivity contribution is 7.07. The standard InChI is InChI=1S/C15H16N2OS/c1-10(2)8-17-14(9-19-15(17)18)12-3-4-13-11(7-12)5-6-16-13/h3-4,7,9,16H,1,5-6,8H2,2H3. The van der Waals surface area contributed by atoms with Gasteiger partial charge in [0.2, 0.25) is 0 Å². The largest absolute Gasteiger partial charge is 0.384 e. The van der Waals surface area contributed by atoms with Crippen LogP contribution in [0, 0.1) is 0 Å². The number of anilines is 1. The molecule has 0 saturated heterocycles. The highest BCUT2D eigenvalue weighted by Crippen LogP contribution is 2.29. The molecule has 2 heterocycles. The summed E-state index contributed by atoms with van der Waals surface area (Å²) in [5, 5.41) is 5.29. The van der Waals surface area contributed by atoms with Crippen molar-refractivity contribution < 1.29 is 0 Å². The second-order valence-corrected chi connectivity index (χ2v) is 5.80. The van der Waals surface area contributed by atoms with Gasteiger partial charge in [-0.3, -0.25) is 9.36 Å². The van der Waals surface area contributed by atoms with Gasteiger partial charge in [-0.2, -0.15) is 0 Å². The number of benzene rings is 1. The Kier molecular flexibility index (Phi) is 3.03. The third-order valence-corrected chi connectivity index (χ3v) is 4.08. The molecule has 0 atom stereocenters. The number of nitrogens with one attached hydrogen (secondary N) is 1. The van der Waals surface area contributed by atoms with Crippen LogP contribution in [0.15, 0.2) is 40.5 Å². The molecule has 1 aliphatic rings. The average Bonchev–Trinajstić information content (AvgIpc) is 2.96. The van der Waals surface area contributed by atoms with Crippen LogP contribution in [0.1, 0.15) is 12.5 Å². The molecule has 0 amide bonds. The van der Waals surface area contributed by atoms with Crippen LogP contribution in [0.2, 0.25) is 0 Å². The van der Waals surface area contributed by atoms with E-state index < -0.39 is 0 Å². The zero-order valence-electron chi connectivity index (χ0n) is 10.9. The van der Waals surface area contributed by atoms with E-state index in [1.807, 2.05) is 12.3 Å². The number of nitrogens with zero attached hydrogens (tertiary/aromatic N) is 1. The Labute approximate surface area is 116 Å². The summed E-state index contributed by atoms with van der Waals surface area (Å²) in [5.41, 5.74) is 5.64. The molecule has 1 aromatic heterocycles. The van der Waals surface area contributed by atoms with Crippen LogP contribution in [-0.2, 0) is 13.0 Å². The fourth-order valence-electron chi connectivity index (χ4n) is 2.44. The van der Waals surface area contributed by atoms with Crippen molar-refractivity contribution >= 4 is 17.0 Å². The topological polar surface area (TPSA) is 34.0 Å². The molecule has 0 aliphatic carbocycles. The van der Waals surface area contributed by atoms with E-state index >= 15 is 0 Å². The summed E-state index contributed by atoms with van der Waals surface area (Å²) < 4.78 is 1.80. The molecule has 98 valence electrons. The monoisotopic (exact) mass is 272 g/mol. The number of hydrogen-bond acceptors (Lipinski definition) is 3. The van der Waals surface area contributed by atoms with Gasteiger partial charge < -0.3 is 5.32 Å². The van der Waals surface area contributed by atoms with Crippen molar-refractivity contribution in [1.82, 2.24) is 4.57 Å². The van der Waals surface area contributed by atoms with Crippen molar-refractivity contribution in [3.05, 3.63) is 51.0 Å². The van der Waals surface area contributed by atoms with Gasteiger partial charge in [0.15, 0.2) is 0 Å². The molecule has 19 heavy (non-hydrogen) atoms. The lowest BCUT2D eigenvalue weighted by Gasteiger charge is -2.09. The van der Waals surface area contributed by atoms with Crippen LogP contribution in [0.3, 0.4) is 0 Å². The van der Waals surface area contributed by atoms with Crippen molar-refractivity contribution in [3.8, 4) is 11.3 Å². The molecule has 1 aromatic carbocycles. The molecule has 1 aliphatic heterocycles. The molecular weight excluding hydrogens is 256 g/mol. The van der Waals surface area contributed by atoms with E-state index in [-0.39, 0.29) is 4.87 Å². The summed E-state index contributed by atoms with van der Waals surface area (Å²) in [6, 6.07) is 6.37. The predicted octanol–water partition coefficient (Wildman–Crippen LogP) is 3.12. The molecule has 0 spiro atoms. The minimum atomic E-state index is 0.0802. The Morgan fingerprint density at radius 2 is 2.37 bits per heavy atom. The van der Waals surface area contributed by atoms with Crippen LogP contribution in [0.25, 0.3) is 11.3 Å². The lowest BCUT2D eigenvalue weighted by Crippen LogP contribution is -2.14. The number of rotatable bonds is 3. The van der Waals surface area contributed by atoms with Gasteiger partial charge in [0, 0.05) is 24.2 Å². The summed E-state index contributed by atoms with van der Waals surface area (Å²) in [4.78, 5) is 12.0. The SMILES string of the molecule is C=C(C)Cn1c(-c2ccc3c(c2)CCN3)csc1=O. The first-order valence-electron chi connectivity index (χ1n) is 6.35. The fraction of sp³-hybridized carbons (Fsp3) is 0.267.